The van der Waals surface area contributed by atoms with Crippen LogP contribution in [0.5, 0.6) is 5.75 Å². The fraction of sp³-hybridized carbons (Fsp3) is 0.680. The van der Waals surface area contributed by atoms with Crippen molar-refractivity contribution in [1.29, 1.82) is 0 Å². The summed E-state index contributed by atoms with van der Waals surface area (Å²) in [7, 11) is 1.43. The Balaban J connectivity index is 1.25. The maximum Gasteiger partial charge on any atom is 0.220 e. The maximum absolute atomic E-state index is 13.8. The van der Waals surface area contributed by atoms with Crippen LogP contribution in [0.1, 0.15) is 69.8 Å². The summed E-state index contributed by atoms with van der Waals surface area (Å²) in [5.41, 5.74) is -0.530. The molecule has 6 rings (SSSR count). The van der Waals surface area contributed by atoms with Crippen molar-refractivity contribution in [3.05, 3.63) is 29.6 Å². The van der Waals surface area contributed by atoms with Crippen LogP contribution < -0.4 is 15.4 Å². The molecule has 2 amide bonds. The molecular formula is C25H33FN2O4. The van der Waals surface area contributed by atoms with Crippen LogP contribution in [-0.4, -0.2) is 40.7 Å². The number of aliphatic hydroxyl groups is 1. The summed E-state index contributed by atoms with van der Waals surface area (Å²) >= 11 is 0. The predicted octanol–water partition coefficient (Wildman–Crippen LogP) is 3.01. The van der Waals surface area contributed by atoms with Crippen molar-refractivity contribution < 1.29 is 23.8 Å². The van der Waals surface area contributed by atoms with E-state index in [1.807, 2.05) is 0 Å². The van der Waals surface area contributed by atoms with Crippen LogP contribution >= 0.6 is 0 Å². The summed E-state index contributed by atoms with van der Waals surface area (Å²) in [6.45, 7) is 0. The van der Waals surface area contributed by atoms with Crippen LogP contribution in [0.3, 0.4) is 0 Å². The van der Waals surface area contributed by atoms with E-state index in [0.29, 0.717) is 50.4 Å². The molecule has 4 aliphatic carbocycles. The van der Waals surface area contributed by atoms with E-state index in [2.05, 4.69) is 10.6 Å². The van der Waals surface area contributed by atoms with Gasteiger partial charge in [-0.2, -0.15) is 0 Å². The third-order valence-corrected chi connectivity index (χ3v) is 8.26. The van der Waals surface area contributed by atoms with Crippen LogP contribution in [0, 0.1) is 17.7 Å². The molecule has 3 N–H and O–H groups in total. The van der Waals surface area contributed by atoms with Crippen molar-refractivity contribution in [2.45, 2.75) is 87.3 Å². The normalized spacial score (nSPS) is 37.4. The molecule has 174 valence electrons. The van der Waals surface area contributed by atoms with Gasteiger partial charge in [0.1, 0.15) is 0 Å². The summed E-state index contributed by atoms with van der Waals surface area (Å²) in [4.78, 5) is 25.1. The molecule has 4 bridgehead atoms. The highest BCUT2D eigenvalue weighted by atomic mass is 19.1. The Hall–Kier alpha value is -2.15. The second kappa shape index (κ2) is 7.72. The Morgan fingerprint density at radius 1 is 1.28 bits per heavy atom. The maximum atomic E-state index is 13.8. The first-order valence-electron chi connectivity index (χ1n) is 11.9. The third-order valence-electron chi connectivity index (χ3n) is 8.26. The van der Waals surface area contributed by atoms with Gasteiger partial charge in [-0.3, -0.25) is 9.59 Å². The molecule has 1 saturated heterocycles. The van der Waals surface area contributed by atoms with Crippen LogP contribution in [0.4, 0.5) is 4.39 Å². The number of ether oxygens (including phenoxy) is 1. The molecular weight excluding hydrogens is 411 g/mol. The zero-order chi connectivity index (χ0) is 22.6. The SMILES string of the molecule is COc1cc(C[C@]2(CCC(=O)NC34C[C@@H]5C[C@@H](CC(O)(C5)C3)C4)CCC(=O)N2)ccc1F. The fourth-order valence-corrected chi connectivity index (χ4v) is 7.46. The molecule has 1 aromatic rings. The minimum Gasteiger partial charge on any atom is -0.494 e. The molecule has 5 fully saturated rings. The van der Waals surface area contributed by atoms with Crippen molar-refractivity contribution in [2.24, 2.45) is 11.8 Å². The van der Waals surface area contributed by atoms with Gasteiger partial charge in [-0.25, -0.2) is 4.39 Å². The molecule has 32 heavy (non-hydrogen) atoms. The average molecular weight is 445 g/mol. The van der Waals surface area contributed by atoms with Crippen LogP contribution in [0.25, 0.3) is 0 Å². The van der Waals surface area contributed by atoms with Crippen LogP contribution in [-0.2, 0) is 16.0 Å². The van der Waals surface area contributed by atoms with Gasteiger partial charge >= 0.3 is 0 Å². The largest absolute Gasteiger partial charge is 0.494 e. The Labute approximate surface area is 188 Å². The number of amides is 2. The summed E-state index contributed by atoms with van der Waals surface area (Å²) in [6, 6.07) is 4.75. The first kappa shape index (κ1) is 21.7. The van der Waals surface area contributed by atoms with E-state index in [-0.39, 0.29) is 23.1 Å². The molecule has 7 heteroatoms. The zero-order valence-electron chi connectivity index (χ0n) is 18.7. The Morgan fingerprint density at radius 2 is 2.03 bits per heavy atom. The van der Waals surface area contributed by atoms with E-state index in [0.717, 1.165) is 31.2 Å². The van der Waals surface area contributed by atoms with Gasteiger partial charge in [-0.05, 0) is 87.3 Å². The highest BCUT2D eigenvalue weighted by Gasteiger charge is 2.57. The van der Waals surface area contributed by atoms with Gasteiger partial charge in [-0.15, -0.1) is 0 Å². The molecule has 0 spiro atoms. The molecule has 4 saturated carbocycles. The minimum atomic E-state index is -0.611. The first-order chi connectivity index (χ1) is 15.2. The quantitative estimate of drug-likeness (QED) is 0.603. The van der Waals surface area contributed by atoms with E-state index in [9.17, 15) is 19.1 Å². The van der Waals surface area contributed by atoms with Crippen LogP contribution in [0.2, 0.25) is 0 Å². The highest BCUT2D eigenvalue weighted by Crippen LogP contribution is 2.57. The lowest BCUT2D eigenvalue weighted by Gasteiger charge is -2.60. The summed E-state index contributed by atoms with van der Waals surface area (Å²) in [6.07, 6.45) is 7.96. The molecule has 1 aromatic carbocycles. The Morgan fingerprint density at radius 3 is 2.66 bits per heavy atom. The van der Waals surface area contributed by atoms with Gasteiger partial charge in [-0.1, -0.05) is 6.07 Å². The number of hydrogen-bond donors (Lipinski definition) is 3. The summed E-state index contributed by atoms with van der Waals surface area (Å²) in [5.74, 6) is 0.762. The van der Waals surface area contributed by atoms with Gasteiger partial charge in [0, 0.05) is 23.9 Å². The summed E-state index contributed by atoms with van der Waals surface area (Å²) in [5, 5.41) is 17.3. The van der Waals surface area contributed by atoms with E-state index in [1.54, 1.807) is 12.1 Å². The molecule has 5 atom stereocenters. The van der Waals surface area contributed by atoms with Crippen molar-refractivity contribution in [3.63, 3.8) is 0 Å². The molecule has 6 nitrogen and oxygen atoms in total. The number of methoxy groups -OCH3 is 1. The summed E-state index contributed by atoms with van der Waals surface area (Å²) < 4.78 is 18.9. The highest BCUT2D eigenvalue weighted by molar-refractivity contribution is 5.80. The van der Waals surface area contributed by atoms with Crippen molar-refractivity contribution in [2.75, 3.05) is 7.11 Å². The molecule has 1 aliphatic heterocycles. The number of benzene rings is 1. The van der Waals surface area contributed by atoms with E-state index in [4.69, 9.17) is 4.74 Å². The van der Waals surface area contributed by atoms with Gasteiger partial charge in [0.15, 0.2) is 11.6 Å². The molecule has 0 aromatic heterocycles. The number of carbonyl (C=O) groups excluding carboxylic acids is 2. The molecule has 0 radical (unpaired) electrons. The molecule has 5 aliphatic rings. The molecule has 1 heterocycles. The second-order valence-corrected chi connectivity index (χ2v) is 11.0. The number of nitrogens with one attached hydrogen (secondary N) is 2. The number of rotatable bonds is 7. The lowest BCUT2D eigenvalue weighted by molar-refractivity contribution is -0.151. The fourth-order valence-electron chi connectivity index (χ4n) is 7.46. The number of halogens is 1. The van der Waals surface area contributed by atoms with Gasteiger partial charge in [0.25, 0.3) is 0 Å². The van der Waals surface area contributed by atoms with Crippen molar-refractivity contribution >= 4 is 11.8 Å². The first-order valence-corrected chi connectivity index (χ1v) is 11.9. The predicted molar refractivity (Wildman–Crippen MR) is 117 cm³/mol. The minimum absolute atomic E-state index is 0.00670. The third kappa shape index (κ3) is 4.12. The van der Waals surface area contributed by atoms with Crippen LogP contribution in [0.15, 0.2) is 18.2 Å². The Bertz CT molecular complexity index is 921. The van der Waals surface area contributed by atoms with Crippen molar-refractivity contribution in [3.8, 4) is 5.75 Å². The molecule has 2 unspecified atom stereocenters. The standard InChI is InChI=1S/C25H33FN2O4/c1-32-20-9-16(2-3-19(20)26)10-23(6-4-21(29)27-23)7-5-22(30)28-24-11-17-8-18(12-24)14-25(31,13-17)15-24/h2-3,9,17-18,31H,4-8,10-15H2,1H3,(H,27,29)(H,28,30)/t17-,18+,23-,24?,25?/m1/s1. The van der Waals surface area contributed by atoms with Gasteiger partial charge < -0.3 is 20.5 Å². The lowest BCUT2D eigenvalue weighted by Crippen LogP contribution is -2.65. The second-order valence-electron chi connectivity index (χ2n) is 11.0. The average Bonchev–Trinajstić information content (AvgIpc) is 3.06. The zero-order valence-corrected chi connectivity index (χ0v) is 18.7. The number of hydrogen-bond acceptors (Lipinski definition) is 4. The lowest BCUT2D eigenvalue weighted by atomic mass is 9.51. The van der Waals surface area contributed by atoms with Gasteiger partial charge in [0.2, 0.25) is 11.8 Å². The van der Waals surface area contributed by atoms with E-state index >= 15 is 0 Å². The van der Waals surface area contributed by atoms with Gasteiger partial charge in [0.05, 0.1) is 12.7 Å². The smallest absolute Gasteiger partial charge is 0.220 e. The number of carbonyl (C=O) groups is 2. The monoisotopic (exact) mass is 444 g/mol. The van der Waals surface area contributed by atoms with E-state index < -0.39 is 17.0 Å². The van der Waals surface area contributed by atoms with Crippen molar-refractivity contribution in [1.82, 2.24) is 10.6 Å². The van der Waals surface area contributed by atoms with E-state index in [1.165, 1.54) is 19.6 Å². The topological polar surface area (TPSA) is 87.7 Å². The Kier molecular flexibility index (Phi) is 5.23.